The van der Waals surface area contributed by atoms with Gasteiger partial charge in [-0.2, -0.15) is 0 Å². The fourth-order valence-electron chi connectivity index (χ4n) is 2.77. The Balaban J connectivity index is 1.68. The van der Waals surface area contributed by atoms with E-state index in [9.17, 15) is 4.79 Å². The average Bonchev–Trinajstić information content (AvgIpc) is 3.14. The molecule has 1 aromatic heterocycles. The van der Waals surface area contributed by atoms with Crippen molar-refractivity contribution in [3.05, 3.63) is 76.3 Å². The zero-order chi connectivity index (χ0) is 19.7. The van der Waals surface area contributed by atoms with Gasteiger partial charge < -0.3 is 14.5 Å². The van der Waals surface area contributed by atoms with E-state index < -0.39 is 0 Å². The molecule has 4 rings (SSSR count). The van der Waals surface area contributed by atoms with Crippen LogP contribution in [0.5, 0.6) is 5.75 Å². The molecule has 28 heavy (non-hydrogen) atoms. The minimum atomic E-state index is -0.341. The zero-order valence-electron chi connectivity index (χ0n) is 14.7. The van der Waals surface area contributed by atoms with Crippen LogP contribution < -0.4 is 10.1 Å². The highest BCUT2D eigenvalue weighted by Gasteiger charge is 2.15. The summed E-state index contributed by atoms with van der Waals surface area (Å²) in [7, 11) is 1.53. The Morgan fingerprint density at radius 3 is 2.61 bits per heavy atom. The van der Waals surface area contributed by atoms with E-state index in [1.165, 1.54) is 13.2 Å². The van der Waals surface area contributed by atoms with E-state index >= 15 is 0 Å². The lowest BCUT2D eigenvalue weighted by Crippen LogP contribution is -2.12. The molecule has 7 heteroatoms. The van der Waals surface area contributed by atoms with Gasteiger partial charge in [-0.25, -0.2) is 4.98 Å². The van der Waals surface area contributed by atoms with Crippen molar-refractivity contribution in [1.82, 2.24) is 4.98 Å². The molecule has 0 radical (unpaired) electrons. The summed E-state index contributed by atoms with van der Waals surface area (Å²) in [5, 5.41) is 3.52. The van der Waals surface area contributed by atoms with Crippen LogP contribution in [0.15, 0.2) is 65.1 Å². The number of hydrogen-bond acceptors (Lipinski definition) is 4. The number of fused-ring (bicyclic) bond motifs is 1. The normalized spacial score (nSPS) is 10.8. The summed E-state index contributed by atoms with van der Waals surface area (Å²) < 4.78 is 11.2. The molecule has 0 unspecified atom stereocenters. The Kier molecular flexibility index (Phi) is 4.94. The summed E-state index contributed by atoms with van der Waals surface area (Å²) in [6.07, 6.45) is 0. The minimum absolute atomic E-state index is 0.307. The first-order chi connectivity index (χ1) is 13.5. The molecule has 0 aliphatic carbocycles. The lowest BCUT2D eigenvalue weighted by atomic mass is 10.1. The number of carbonyl (C=O) groups is 1. The molecular formula is C21H14Cl2N2O3. The van der Waals surface area contributed by atoms with Crippen molar-refractivity contribution in [2.24, 2.45) is 0 Å². The molecule has 0 fully saturated rings. The highest BCUT2D eigenvalue weighted by atomic mass is 35.5. The third-order valence-electron chi connectivity index (χ3n) is 4.17. The summed E-state index contributed by atoms with van der Waals surface area (Å²) in [6, 6.07) is 17.5. The number of nitrogens with one attached hydrogen (secondary N) is 1. The van der Waals surface area contributed by atoms with Crippen LogP contribution in [0.3, 0.4) is 0 Å². The fraction of sp³-hybridized carbons (Fsp3) is 0.0476. The Bertz CT molecular complexity index is 1150. The molecule has 0 saturated heterocycles. The van der Waals surface area contributed by atoms with Gasteiger partial charge >= 0.3 is 0 Å². The molecule has 4 aromatic rings. The van der Waals surface area contributed by atoms with Crippen LogP contribution in [0.1, 0.15) is 10.4 Å². The number of anilines is 1. The van der Waals surface area contributed by atoms with Crippen LogP contribution >= 0.6 is 23.2 Å². The second-order valence-corrected chi connectivity index (χ2v) is 6.80. The number of ether oxygens (including phenoxy) is 1. The van der Waals surface area contributed by atoms with Gasteiger partial charge in [-0.15, -0.1) is 0 Å². The number of rotatable bonds is 4. The van der Waals surface area contributed by atoms with E-state index in [0.717, 1.165) is 5.52 Å². The van der Waals surface area contributed by atoms with E-state index in [1.807, 2.05) is 30.3 Å². The first kappa shape index (κ1) is 18.3. The van der Waals surface area contributed by atoms with Gasteiger partial charge in [0.2, 0.25) is 5.89 Å². The predicted octanol–water partition coefficient (Wildman–Crippen LogP) is 6.06. The van der Waals surface area contributed by atoms with Gasteiger partial charge in [-0.3, -0.25) is 4.79 Å². The van der Waals surface area contributed by atoms with Crippen LogP contribution in [0.2, 0.25) is 10.0 Å². The van der Waals surface area contributed by atoms with Crippen molar-refractivity contribution in [2.45, 2.75) is 0 Å². The molecule has 0 spiro atoms. The van der Waals surface area contributed by atoms with Crippen LogP contribution in [0, 0.1) is 0 Å². The Labute approximate surface area is 170 Å². The van der Waals surface area contributed by atoms with Gasteiger partial charge in [-0.05, 0) is 48.5 Å². The zero-order valence-corrected chi connectivity index (χ0v) is 16.2. The van der Waals surface area contributed by atoms with Gasteiger partial charge in [-0.1, -0.05) is 35.3 Å². The van der Waals surface area contributed by atoms with Crippen molar-refractivity contribution >= 4 is 45.9 Å². The molecule has 0 atom stereocenters. The third-order valence-corrected chi connectivity index (χ3v) is 4.91. The van der Waals surface area contributed by atoms with Crippen molar-refractivity contribution in [2.75, 3.05) is 12.4 Å². The number of benzene rings is 3. The van der Waals surface area contributed by atoms with Crippen LogP contribution in [0.25, 0.3) is 22.6 Å². The summed E-state index contributed by atoms with van der Waals surface area (Å²) in [4.78, 5) is 17.1. The molecule has 1 heterocycles. The highest BCUT2D eigenvalue weighted by molar-refractivity contribution is 6.42. The maximum absolute atomic E-state index is 12.6. The van der Waals surface area contributed by atoms with E-state index in [-0.39, 0.29) is 5.91 Å². The molecule has 0 aliphatic heterocycles. The van der Waals surface area contributed by atoms with Gasteiger partial charge in [0.1, 0.15) is 11.3 Å². The third kappa shape index (κ3) is 3.54. The van der Waals surface area contributed by atoms with E-state index in [1.54, 1.807) is 24.3 Å². The summed E-state index contributed by atoms with van der Waals surface area (Å²) >= 11 is 11.9. The van der Waals surface area contributed by atoms with Gasteiger partial charge in [0, 0.05) is 11.1 Å². The Morgan fingerprint density at radius 1 is 1.04 bits per heavy atom. The molecule has 0 bridgehead atoms. The highest BCUT2D eigenvalue weighted by Crippen LogP contribution is 2.32. The topological polar surface area (TPSA) is 64.4 Å². The second-order valence-electron chi connectivity index (χ2n) is 5.98. The van der Waals surface area contributed by atoms with Crippen molar-refractivity contribution in [3.8, 4) is 17.2 Å². The van der Waals surface area contributed by atoms with Gasteiger partial charge in [0.05, 0.1) is 22.8 Å². The molecule has 0 aliphatic rings. The standard InChI is InChI=1S/C21H14Cl2N2O3/c1-27-18-9-7-13(21-25-16-4-2-3-5-19(16)28-21)11-17(18)24-20(26)12-6-8-14(22)15(23)10-12/h2-11H,1H3,(H,24,26). The average molecular weight is 413 g/mol. The fourth-order valence-corrected chi connectivity index (χ4v) is 3.06. The second kappa shape index (κ2) is 7.54. The molecule has 0 saturated carbocycles. The van der Waals surface area contributed by atoms with Gasteiger partial charge in [0.15, 0.2) is 5.58 Å². The van der Waals surface area contributed by atoms with Crippen molar-refractivity contribution < 1.29 is 13.9 Å². The van der Waals surface area contributed by atoms with E-state index in [0.29, 0.717) is 44.1 Å². The molecule has 1 amide bonds. The Hall–Kier alpha value is -3.02. The predicted molar refractivity (Wildman–Crippen MR) is 110 cm³/mol. The summed E-state index contributed by atoms with van der Waals surface area (Å²) in [6.45, 7) is 0. The quantitative estimate of drug-likeness (QED) is 0.442. The SMILES string of the molecule is COc1ccc(-c2nc3ccccc3o2)cc1NC(=O)c1ccc(Cl)c(Cl)c1. The number of methoxy groups -OCH3 is 1. The number of halogens is 2. The van der Waals surface area contributed by atoms with Crippen molar-refractivity contribution in [3.63, 3.8) is 0 Å². The lowest BCUT2D eigenvalue weighted by Gasteiger charge is -2.11. The molecule has 1 N–H and O–H groups in total. The van der Waals surface area contributed by atoms with E-state index in [2.05, 4.69) is 10.3 Å². The summed E-state index contributed by atoms with van der Waals surface area (Å²) in [5.74, 6) is 0.619. The lowest BCUT2D eigenvalue weighted by molar-refractivity contribution is 0.102. The van der Waals surface area contributed by atoms with Gasteiger partial charge in [0.25, 0.3) is 5.91 Å². The van der Waals surface area contributed by atoms with Crippen LogP contribution in [-0.4, -0.2) is 18.0 Å². The monoisotopic (exact) mass is 412 g/mol. The molecule has 3 aromatic carbocycles. The number of oxazole rings is 1. The number of nitrogens with zero attached hydrogens (tertiary/aromatic N) is 1. The smallest absolute Gasteiger partial charge is 0.255 e. The Morgan fingerprint density at radius 2 is 1.86 bits per heavy atom. The van der Waals surface area contributed by atoms with E-state index in [4.69, 9.17) is 32.4 Å². The largest absolute Gasteiger partial charge is 0.495 e. The number of carbonyl (C=O) groups excluding carboxylic acids is 1. The van der Waals surface area contributed by atoms with Crippen LogP contribution in [-0.2, 0) is 0 Å². The maximum atomic E-state index is 12.6. The minimum Gasteiger partial charge on any atom is -0.495 e. The van der Waals surface area contributed by atoms with Crippen molar-refractivity contribution in [1.29, 1.82) is 0 Å². The number of para-hydroxylation sites is 2. The molecule has 5 nitrogen and oxygen atoms in total. The molecule has 140 valence electrons. The number of amides is 1. The van der Waals surface area contributed by atoms with Crippen LogP contribution in [0.4, 0.5) is 5.69 Å². The molecular weight excluding hydrogens is 399 g/mol. The number of aromatic nitrogens is 1. The first-order valence-electron chi connectivity index (χ1n) is 8.35. The first-order valence-corrected chi connectivity index (χ1v) is 9.11. The maximum Gasteiger partial charge on any atom is 0.255 e. The summed E-state index contributed by atoms with van der Waals surface area (Å²) in [5.41, 5.74) is 3.02. The number of hydrogen-bond donors (Lipinski definition) is 1.